The Bertz CT molecular complexity index is 1170. The fourth-order valence-corrected chi connectivity index (χ4v) is 7.31. The van der Waals surface area contributed by atoms with Crippen LogP contribution in [0.15, 0.2) is 36.4 Å². The van der Waals surface area contributed by atoms with E-state index in [9.17, 15) is 13.8 Å². The molecule has 38 heavy (non-hydrogen) atoms. The predicted molar refractivity (Wildman–Crippen MR) is 157 cm³/mol. The molecule has 2 aliphatic rings. The van der Waals surface area contributed by atoms with E-state index in [1.807, 2.05) is 19.9 Å². The smallest absolute Gasteiger partial charge is 0.251 e. The van der Waals surface area contributed by atoms with Gasteiger partial charge in [0, 0.05) is 58.7 Å². The lowest BCUT2D eigenvalue weighted by Crippen LogP contribution is -2.50. The number of nitrogens with one attached hydrogen (secondary N) is 2. The predicted octanol–water partition coefficient (Wildman–Crippen LogP) is 4.85. The average Bonchev–Trinajstić information content (AvgIpc) is 2.90. The molecule has 2 N–H and O–H groups in total. The molecule has 2 fully saturated rings. The van der Waals surface area contributed by atoms with Crippen LogP contribution in [0.5, 0.6) is 0 Å². The number of benzene rings is 2. The van der Waals surface area contributed by atoms with Crippen LogP contribution in [-0.2, 0) is 22.0 Å². The van der Waals surface area contributed by atoms with Crippen LogP contribution in [0, 0.1) is 18.8 Å². The summed E-state index contributed by atoms with van der Waals surface area (Å²) in [6.07, 6.45) is 3.68. The van der Waals surface area contributed by atoms with Gasteiger partial charge >= 0.3 is 0 Å². The maximum Gasteiger partial charge on any atom is 0.251 e. The van der Waals surface area contributed by atoms with Crippen LogP contribution in [0.4, 0.5) is 5.69 Å². The molecule has 2 heterocycles. The maximum atomic E-state index is 13.7. The van der Waals surface area contributed by atoms with Gasteiger partial charge in [-0.15, -0.1) is 0 Å². The van der Waals surface area contributed by atoms with Gasteiger partial charge in [-0.25, -0.2) is 0 Å². The summed E-state index contributed by atoms with van der Waals surface area (Å²) in [5.74, 6) is 1.32. The normalized spacial score (nSPS) is 25.5. The minimum Gasteiger partial charge on any atom is -0.369 e. The number of nitrogens with zero attached hydrogens (tertiary/aromatic N) is 1. The fourth-order valence-electron chi connectivity index (χ4n) is 6.03. The summed E-state index contributed by atoms with van der Waals surface area (Å²) in [6, 6.07) is 13.2. The van der Waals surface area contributed by atoms with E-state index in [0.717, 1.165) is 66.1 Å². The first-order valence-electron chi connectivity index (χ1n) is 14.2. The van der Waals surface area contributed by atoms with Gasteiger partial charge in [-0.1, -0.05) is 38.1 Å². The molecule has 3 unspecified atom stereocenters. The average molecular weight is 538 g/mol. The second kappa shape index (κ2) is 12.5. The molecule has 7 heteroatoms. The number of hydrogen-bond donors (Lipinski definition) is 2. The molecule has 3 atom stereocenters. The minimum atomic E-state index is -0.727. The first kappa shape index (κ1) is 28.3. The zero-order chi connectivity index (χ0) is 27.4. The van der Waals surface area contributed by atoms with Crippen molar-refractivity contribution in [2.45, 2.75) is 72.4 Å². The summed E-state index contributed by atoms with van der Waals surface area (Å²) >= 11 is 0. The van der Waals surface area contributed by atoms with E-state index in [1.165, 1.54) is 5.56 Å². The zero-order valence-electron chi connectivity index (χ0n) is 23.5. The van der Waals surface area contributed by atoms with Crippen molar-refractivity contribution in [2.24, 2.45) is 11.8 Å². The highest BCUT2D eigenvalue weighted by Gasteiger charge is 2.33. The van der Waals surface area contributed by atoms with Gasteiger partial charge in [0.1, 0.15) is 0 Å². The Kier molecular flexibility index (Phi) is 9.29. The molecular formula is C31H43N3O3S. The quantitative estimate of drug-likeness (QED) is 0.505. The van der Waals surface area contributed by atoms with Crippen molar-refractivity contribution >= 4 is 28.3 Å². The second-order valence-corrected chi connectivity index (χ2v) is 12.7. The number of carbonyl (C=O) groups excluding carboxylic acids is 2. The maximum absolute atomic E-state index is 13.7. The Balaban J connectivity index is 1.67. The molecule has 0 radical (unpaired) electrons. The molecule has 2 aromatic carbocycles. The summed E-state index contributed by atoms with van der Waals surface area (Å²) in [7, 11) is -0.727. The van der Waals surface area contributed by atoms with Crippen LogP contribution < -0.4 is 15.5 Å². The van der Waals surface area contributed by atoms with Crippen LogP contribution in [0.25, 0.3) is 11.1 Å². The van der Waals surface area contributed by atoms with Crippen LogP contribution in [0.2, 0.25) is 0 Å². The standard InChI is InChI=1S/C31H43N3O3S/c1-6-23-8-10-24(11-9-23)25-17-27(30(35)32-19-28-20(3)16-21(4)33-31(28)36)22(5)29(18-25)34(7-2)26-12-14-38(37)15-13-26/h8-11,17-18,20-21,26,28H,6-7,12-16,19H2,1-5H3,(H,32,35)(H,33,36). The van der Waals surface area contributed by atoms with Crippen molar-refractivity contribution < 1.29 is 13.8 Å². The van der Waals surface area contributed by atoms with Crippen LogP contribution in [0.1, 0.15) is 68.4 Å². The Morgan fingerprint density at radius 2 is 1.76 bits per heavy atom. The van der Waals surface area contributed by atoms with Crippen molar-refractivity contribution in [2.75, 3.05) is 29.5 Å². The lowest BCUT2D eigenvalue weighted by Gasteiger charge is -2.37. The molecule has 2 saturated heterocycles. The van der Waals surface area contributed by atoms with Crippen molar-refractivity contribution in [3.63, 3.8) is 0 Å². The van der Waals surface area contributed by atoms with Gasteiger partial charge in [-0.05, 0) is 86.8 Å². The lowest BCUT2D eigenvalue weighted by molar-refractivity contribution is -0.129. The van der Waals surface area contributed by atoms with Crippen molar-refractivity contribution in [1.29, 1.82) is 0 Å². The number of hydrogen-bond acceptors (Lipinski definition) is 4. The molecule has 6 nitrogen and oxygen atoms in total. The van der Waals surface area contributed by atoms with Crippen LogP contribution in [0.3, 0.4) is 0 Å². The second-order valence-electron chi connectivity index (χ2n) is 11.0. The Hall–Kier alpha value is -2.67. The first-order chi connectivity index (χ1) is 18.2. The van der Waals surface area contributed by atoms with Crippen molar-refractivity contribution in [3.05, 3.63) is 53.1 Å². The van der Waals surface area contributed by atoms with Gasteiger partial charge in [0.2, 0.25) is 5.91 Å². The number of amides is 2. The van der Waals surface area contributed by atoms with E-state index < -0.39 is 10.8 Å². The molecule has 0 spiro atoms. The van der Waals surface area contributed by atoms with Gasteiger partial charge in [0.05, 0.1) is 5.92 Å². The number of carbonyl (C=O) groups is 2. The number of rotatable bonds is 8. The summed E-state index contributed by atoms with van der Waals surface area (Å²) in [6.45, 7) is 11.6. The molecule has 206 valence electrons. The molecule has 4 rings (SSSR count). The third-order valence-corrected chi connectivity index (χ3v) is 9.77. The largest absolute Gasteiger partial charge is 0.369 e. The summed E-state index contributed by atoms with van der Waals surface area (Å²) in [5.41, 5.74) is 6.01. The molecule has 0 bridgehead atoms. The Labute approximate surface area is 230 Å². The monoisotopic (exact) mass is 537 g/mol. The van der Waals surface area contributed by atoms with Crippen molar-refractivity contribution in [3.8, 4) is 11.1 Å². The summed E-state index contributed by atoms with van der Waals surface area (Å²) in [4.78, 5) is 28.7. The third kappa shape index (κ3) is 6.31. The Morgan fingerprint density at radius 3 is 2.37 bits per heavy atom. The SMILES string of the molecule is CCc1ccc(-c2cc(C(=O)NCC3C(=O)NC(C)CC3C)c(C)c(N(CC)C3CCS(=O)CC3)c2)cc1. The van der Waals surface area contributed by atoms with E-state index in [1.54, 1.807) is 0 Å². The molecular weight excluding hydrogens is 494 g/mol. The first-order valence-corrected chi connectivity index (χ1v) is 15.6. The van der Waals surface area contributed by atoms with E-state index in [2.05, 4.69) is 66.6 Å². The highest BCUT2D eigenvalue weighted by molar-refractivity contribution is 7.85. The van der Waals surface area contributed by atoms with Gasteiger partial charge in [-0.2, -0.15) is 0 Å². The number of piperidine rings is 1. The minimum absolute atomic E-state index is 0.0190. The van der Waals surface area contributed by atoms with E-state index in [4.69, 9.17) is 0 Å². The summed E-state index contributed by atoms with van der Waals surface area (Å²) < 4.78 is 12.0. The van der Waals surface area contributed by atoms with Gasteiger partial charge in [0.15, 0.2) is 0 Å². The van der Waals surface area contributed by atoms with E-state index in [0.29, 0.717) is 18.2 Å². The molecule has 0 aliphatic carbocycles. The topological polar surface area (TPSA) is 78.5 Å². The molecule has 2 amide bonds. The molecule has 0 saturated carbocycles. The molecule has 0 aromatic heterocycles. The number of anilines is 1. The van der Waals surface area contributed by atoms with Gasteiger partial charge in [-0.3, -0.25) is 13.8 Å². The summed E-state index contributed by atoms with van der Waals surface area (Å²) in [5, 5.41) is 6.12. The highest BCUT2D eigenvalue weighted by Crippen LogP contribution is 2.34. The molecule has 2 aromatic rings. The van der Waals surface area contributed by atoms with Gasteiger partial charge in [0.25, 0.3) is 5.91 Å². The highest BCUT2D eigenvalue weighted by atomic mass is 32.2. The molecule has 2 aliphatic heterocycles. The lowest BCUT2D eigenvalue weighted by atomic mass is 9.84. The van der Waals surface area contributed by atoms with Crippen LogP contribution >= 0.6 is 0 Å². The zero-order valence-corrected chi connectivity index (χ0v) is 24.3. The van der Waals surface area contributed by atoms with Crippen molar-refractivity contribution in [1.82, 2.24) is 10.6 Å². The number of aryl methyl sites for hydroxylation is 1. The third-order valence-electron chi connectivity index (χ3n) is 8.39. The van der Waals surface area contributed by atoms with Gasteiger partial charge < -0.3 is 15.5 Å². The van der Waals surface area contributed by atoms with E-state index >= 15 is 0 Å². The van der Waals surface area contributed by atoms with Crippen LogP contribution in [-0.4, -0.2) is 52.7 Å². The van der Waals surface area contributed by atoms with E-state index in [-0.39, 0.29) is 29.7 Å². The Morgan fingerprint density at radius 1 is 1.08 bits per heavy atom. The fraction of sp³-hybridized carbons (Fsp3) is 0.548.